The van der Waals surface area contributed by atoms with Crippen LogP contribution in [0.4, 0.5) is 11.4 Å². The van der Waals surface area contributed by atoms with Crippen LogP contribution in [-0.4, -0.2) is 50.6 Å². The Morgan fingerprint density at radius 2 is 1.70 bits per heavy atom. The number of para-hydroxylation sites is 2. The molecule has 5 nitrogen and oxygen atoms in total. The van der Waals surface area contributed by atoms with Crippen molar-refractivity contribution in [2.24, 2.45) is 0 Å². The summed E-state index contributed by atoms with van der Waals surface area (Å²) < 4.78 is 5.47. The Labute approximate surface area is 161 Å². The van der Waals surface area contributed by atoms with E-state index in [0.29, 0.717) is 6.42 Å². The lowest BCUT2D eigenvalue weighted by molar-refractivity contribution is -0.116. The second kappa shape index (κ2) is 8.91. The maximum atomic E-state index is 12.3. The zero-order valence-electron chi connectivity index (χ0n) is 16.5. The van der Waals surface area contributed by atoms with Gasteiger partial charge in [-0.2, -0.15) is 0 Å². The number of ether oxygens (including phenoxy) is 1. The number of nitrogens with one attached hydrogen (secondary N) is 1. The highest BCUT2D eigenvalue weighted by Gasteiger charge is 2.19. The molecule has 1 heterocycles. The van der Waals surface area contributed by atoms with Gasteiger partial charge in [0.1, 0.15) is 5.75 Å². The molecular weight excluding hydrogens is 338 g/mol. The molecule has 0 atom stereocenters. The standard InChI is InChI=1S/C22H29N3O2/c1-17-14-18(2)16-19(15-17)23-22(26)8-9-24-10-12-25(13-11-24)20-6-4-5-7-21(20)27-3/h4-7,14-16H,8-13H2,1-3H3,(H,23,26). The van der Waals surface area contributed by atoms with Gasteiger partial charge in [0.15, 0.2) is 0 Å². The fourth-order valence-corrected chi connectivity index (χ4v) is 3.63. The fraction of sp³-hybridized carbons (Fsp3) is 0.409. The van der Waals surface area contributed by atoms with Gasteiger partial charge in [-0.1, -0.05) is 18.2 Å². The number of hydrogen-bond acceptors (Lipinski definition) is 4. The lowest BCUT2D eigenvalue weighted by atomic mass is 10.1. The number of carbonyl (C=O) groups excluding carboxylic acids is 1. The molecular formula is C22H29N3O2. The number of nitrogens with zero attached hydrogens (tertiary/aromatic N) is 2. The summed E-state index contributed by atoms with van der Waals surface area (Å²) in [6, 6.07) is 14.3. The number of methoxy groups -OCH3 is 1. The summed E-state index contributed by atoms with van der Waals surface area (Å²) in [5, 5.41) is 3.02. The molecule has 0 saturated carbocycles. The highest BCUT2D eigenvalue weighted by molar-refractivity contribution is 5.91. The van der Waals surface area contributed by atoms with E-state index in [1.807, 2.05) is 44.2 Å². The van der Waals surface area contributed by atoms with Gasteiger partial charge in [0.05, 0.1) is 12.8 Å². The van der Waals surface area contributed by atoms with Gasteiger partial charge in [-0.05, 0) is 49.2 Å². The minimum atomic E-state index is 0.0761. The van der Waals surface area contributed by atoms with Crippen LogP contribution in [0.5, 0.6) is 5.75 Å². The smallest absolute Gasteiger partial charge is 0.225 e. The van der Waals surface area contributed by atoms with Gasteiger partial charge in [-0.3, -0.25) is 9.69 Å². The number of benzene rings is 2. The predicted octanol–water partition coefficient (Wildman–Crippen LogP) is 3.46. The molecule has 0 aliphatic carbocycles. The van der Waals surface area contributed by atoms with Gasteiger partial charge in [0.25, 0.3) is 0 Å². The summed E-state index contributed by atoms with van der Waals surface area (Å²) >= 11 is 0. The third-order valence-corrected chi connectivity index (χ3v) is 4.96. The Morgan fingerprint density at radius 3 is 2.37 bits per heavy atom. The van der Waals surface area contributed by atoms with Crippen molar-refractivity contribution in [1.29, 1.82) is 0 Å². The van der Waals surface area contributed by atoms with Crippen molar-refractivity contribution >= 4 is 17.3 Å². The Bertz CT molecular complexity index is 763. The van der Waals surface area contributed by atoms with Crippen LogP contribution in [0.3, 0.4) is 0 Å². The van der Waals surface area contributed by atoms with Crippen molar-refractivity contribution in [3.05, 3.63) is 53.6 Å². The van der Waals surface area contributed by atoms with E-state index in [4.69, 9.17) is 4.74 Å². The van der Waals surface area contributed by atoms with Crippen LogP contribution in [0, 0.1) is 13.8 Å². The Hall–Kier alpha value is -2.53. The molecule has 0 spiro atoms. The van der Waals surface area contributed by atoms with Crippen molar-refractivity contribution < 1.29 is 9.53 Å². The van der Waals surface area contributed by atoms with E-state index < -0.39 is 0 Å². The van der Waals surface area contributed by atoms with E-state index in [0.717, 1.165) is 61.0 Å². The molecule has 1 amide bonds. The topological polar surface area (TPSA) is 44.8 Å². The van der Waals surface area contributed by atoms with E-state index in [1.165, 1.54) is 0 Å². The predicted molar refractivity (Wildman–Crippen MR) is 111 cm³/mol. The van der Waals surface area contributed by atoms with Gasteiger partial charge in [0, 0.05) is 44.8 Å². The van der Waals surface area contributed by atoms with Crippen LogP contribution in [0.25, 0.3) is 0 Å². The van der Waals surface area contributed by atoms with E-state index in [9.17, 15) is 4.79 Å². The van der Waals surface area contributed by atoms with Gasteiger partial charge in [0.2, 0.25) is 5.91 Å². The molecule has 144 valence electrons. The largest absolute Gasteiger partial charge is 0.495 e. The number of aryl methyl sites for hydroxylation is 2. The summed E-state index contributed by atoms with van der Waals surface area (Å²) in [5.74, 6) is 0.992. The minimum absolute atomic E-state index is 0.0761. The van der Waals surface area contributed by atoms with E-state index in [1.54, 1.807) is 7.11 Å². The molecule has 5 heteroatoms. The summed E-state index contributed by atoms with van der Waals surface area (Å²) in [6.45, 7) is 8.67. The first-order valence-electron chi connectivity index (χ1n) is 9.53. The number of carbonyl (C=O) groups is 1. The van der Waals surface area contributed by atoms with Crippen LogP contribution >= 0.6 is 0 Å². The zero-order valence-corrected chi connectivity index (χ0v) is 16.5. The average molecular weight is 367 g/mol. The SMILES string of the molecule is COc1ccccc1N1CCN(CCC(=O)Nc2cc(C)cc(C)c2)CC1. The van der Waals surface area contributed by atoms with Crippen molar-refractivity contribution in [3.63, 3.8) is 0 Å². The second-order valence-electron chi connectivity index (χ2n) is 7.18. The molecule has 1 N–H and O–H groups in total. The van der Waals surface area contributed by atoms with Crippen molar-refractivity contribution in [2.75, 3.05) is 50.1 Å². The molecule has 1 aliphatic rings. The van der Waals surface area contributed by atoms with Gasteiger partial charge >= 0.3 is 0 Å². The first kappa shape index (κ1) is 19.2. The monoisotopic (exact) mass is 367 g/mol. The van der Waals surface area contributed by atoms with Gasteiger partial charge in [-0.15, -0.1) is 0 Å². The molecule has 2 aromatic carbocycles. The van der Waals surface area contributed by atoms with Crippen LogP contribution in [0.2, 0.25) is 0 Å². The van der Waals surface area contributed by atoms with Crippen molar-refractivity contribution in [3.8, 4) is 5.75 Å². The van der Waals surface area contributed by atoms with E-state index >= 15 is 0 Å². The molecule has 1 aliphatic heterocycles. The number of anilines is 2. The van der Waals surface area contributed by atoms with Crippen LogP contribution < -0.4 is 15.0 Å². The molecule has 1 fully saturated rings. The molecule has 0 unspecified atom stereocenters. The van der Waals surface area contributed by atoms with Gasteiger partial charge in [-0.25, -0.2) is 0 Å². The normalized spacial score (nSPS) is 14.9. The molecule has 0 bridgehead atoms. The highest BCUT2D eigenvalue weighted by Crippen LogP contribution is 2.28. The van der Waals surface area contributed by atoms with Crippen LogP contribution in [0.1, 0.15) is 17.5 Å². The quantitative estimate of drug-likeness (QED) is 0.849. The molecule has 2 aromatic rings. The first-order chi connectivity index (χ1) is 13.0. The van der Waals surface area contributed by atoms with Crippen LogP contribution in [-0.2, 0) is 4.79 Å². The molecule has 0 aromatic heterocycles. The van der Waals surface area contributed by atoms with Crippen molar-refractivity contribution in [1.82, 2.24) is 4.90 Å². The van der Waals surface area contributed by atoms with Crippen molar-refractivity contribution in [2.45, 2.75) is 20.3 Å². The van der Waals surface area contributed by atoms with Gasteiger partial charge < -0.3 is 15.0 Å². The maximum Gasteiger partial charge on any atom is 0.225 e. The zero-order chi connectivity index (χ0) is 19.2. The molecule has 27 heavy (non-hydrogen) atoms. The third kappa shape index (κ3) is 5.23. The summed E-state index contributed by atoms with van der Waals surface area (Å²) in [4.78, 5) is 17.0. The molecule has 0 radical (unpaired) electrons. The number of rotatable bonds is 6. The number of hydrogen-bond donors (Lipinski definition) is 1. The second-order valence-corrected chi connectivity index (χ2v) is 7.18. The Kier molecular flexibility index (Phi) is 6.35. The Morgan fingerprint density at radius 1 is 1.04 bits per heavy atom. The molecule has 1 saturated heterocycles. The highest BCUT2D eigenvalue weighted by atomic mass is 16.5. The first-order valence-corrected chi connectivity index (χ1v) is 9.53. The van der Waals surface area contributed by atoms with Crippen LogP contribution in [0.15, 0.2) is 42.5 Å². The lowest BCUT2D eigenvalue weighted by Gasteiger charge is -2.36. The summed E-state index contributed by atoms with van der Waals surface area (Å²) in [6.07, 6.45) is 0.516. The molecule has 3 rings (SSSR count). The number of amides is 1. The number of piperazine rings is 1. The summed E-state index contributed by atoms with van der Waals surface area (Å²) in [7, 11) is 1.71. The van der Waals surface area contributed by atoms with E-state index in [2.05, 4.69) is 27.2 Å². The summed E-state index contributed by atoms with van der Waals surface area (Å²) in [5.41, 5.74) is 4.36. The fourth-order valence-electron chi connectivity index (χ4n) is 3.63. The Balaban J connectivity index is 1.46. The lowest BCUT2D eigenvalue weighted by Crippen LogP contribution is -2.47. The third-order valence-electron chi connectivity index (χ3n) is 4.96. The minimum Gasteiger partial charge on any atom is -0.495 e. The average Bonchev–Trinajstić information content (AvgIpc) is 2.66. The van der Waals surface area contributed by atoms with E-state index in [-0.39, 0.29) is 5.91 Å². The maximum absolute atomic E-state index is 12.3.